The van der Waals surface area contributed by atoms with Gasteiger partial charge in [-0.3, -0.25) is 0 Å². The monoisotopic (exact) mass is 463 g/mol. The maximum atomic E-state index is 13.6. The van der Waals surface area contributed by atoms with E-state index in [4.69, 9.17) is 16.3 Å². The summed E-state index contributed by atoms with van der Waals surface area (Å²) in [7, 11) is 1.59. The van der Waals surface area contributed by atoms with Crippen molar-refractivity contribution < 1.29 is 13.9 Å². The van der Waals surface area contributed by atoms with E-state index in [1.54, 1.807) is 18.2 Å². The molecular formula is C26H23ClFN3O2. The maximum Gasteiger partial charge on any atom is 0.322 e. The molecule has 4 aromatic rings. The van der Waals surface area contributed by atoms with Gasteiger partial charge in [-0.05, 0) is 42.1 Å². The van der Waals surface area contributed by atoms with E-state index in [2.05, 4.69) is 10.3 Å². The molecule has 1 atom stereocenters. The molecule has 0 unspecified atom stereocenters. The van der Waals surface area contributed by atoms with E-state index in [0.29, 0.717) is 18.1 Å². The first-order valence-electron chi connectivity index (χ1n) is 10.5. The summed E-state index contributed by atoms with van der Waals surface area (Å²) in [5.41, 5.74) is 2.21. The Kier molecular flexibility index (Phi) is 6.75. The van der Waals surface area contributed by atoms with Crippen molar-refractivity contribution in [1.82, 2.24) is 9.88 Å². The average Bonchev–Trinajstić information content (AvgIpc) is 2.84. The zero-order valence-corrected chi connectivity index (χ0v) is 19.0. The molecule has 1 N–H and O–H groups in total. The highest BCUT2D eigenvalue weighted by Crippen LogP contribution is 2.36. The molecule has 4 rings (SSSR count). The standard InChI is InChI=1S/C26H23ClFN3O2/c1-3-31(26(32)30-18-13-14-23(28)22(27)15-18)24(17-9-5-4-6-10-17)21-16-29-25(33-2)20-12-8-7-11-19(20)21/h4-16,24H,3H2,1-2H3,(H,30,32)/t24-/m1/s1. The molecule has 0 fully saturated rings. The largest absolute Gasteiger partial charge is 0.481 e. The number of urea groups is 1. The first-order chi connectivity index (χ1) is 16.0. The third-order valence-corrected chi connectivity index (χ3v) is 5.77. The quantitative estimate of drug-likeness (QED) is 0.347. The van der Waals surface area contributed by atoms with Crippen molar-refractivity contribution >= 4 is 34.1 Å². The zero-order chi connectivity index (χ0) is 23.4. The summed E-state index contributed by atoms with van der Waals surface area (Å²) >= 11 is 5.90. The second-order valence-corrected chi connectivity index (χ2v) is 7.83. The Morgan fingerprint density at radius 2 is 1.79 bits per heavy atom. The molecule has 33 heavy (non-hydrogen) atoms. The van der Waals surface area contributed by atoms with E-state index in [1.165, 1.54) is 18.2 Å². The van der Waals surface area contributed by atoms with Crippen LogP contribution >= 0.6 is 11.6 Å². The molecule has 1 aromatic heterocycles. The predicted molar refractivity (Wildman–Crippen MR) is 129 cm³/mol. The molecule has 5 nitrogen and oxygen atoms in total. The molecule has 0 aliphatic heterocycles. The number of rotatable bonds is 6. The van der Waals surface area contributed by atoms with Crippen LogP contribution < -0.4 is 10.1 Å². The van der Waals surface area contributed by atoms with Gasteiger partial charge in [0.1, 0.15) is 5.82 Å². The van der Waals surface area contributed by atoms with E-state index in [-0.39, 0.29) is 11.1 Å². The number of carbonyl (C=O) groups excluding carboxylic acids is 1. The minimum absolute atomic E-state index is 0.0548. The molecule has 0 radical (unpaired) electrons. The lowest BCUT2D eigenvalue weighted by Crippen LogP contribution is -2.38. The third kappa shape index (κ3) is 4.61. The van der Waals surface area contributed by atoms with Crippen molar-refractivity contribution in [1.29, 1.82) is 0 Å². The maximum absolute atomic E-state index is 13.6. The number of hydrogen-bond donors (Lipinski definition) is 1. The Bertz CT molecular complexity index is 1280. The summed E-state index contributed by atoms with van der Waals surface area (Å²) in [5, 5.41) is 4.59. The van der Waals surface area contributed by atoms with Gasteiger partial charge in [0, 0.05) is 29.4 Å². The number of pyridine rings is 1. The van der Waals surface area contributed by atoms with E-state index in [9.17, 15) is 9.18 Å². The predicted octanol–water partition coefficient (Wildman–Crippen LogP) is 6.68. The van der Waals surface area contributed by atoms with Crippen LogP contribution in [0.5, 0.6) is 5.88 Å². The Balaban J connectivity index is 1.81. The highest BCUT2D eigenvalue weighted by molar-refractivity contribution is 6.31. The summed E-state index contributed by atoms with van der Waals surface area (Å²) in [4.78, 5) is 19.6. The molecular weight excluding hydrogens is 441 g/mol. The SMILES string of the molecule is CCN(C(=O)Nc1ccc(F)c(Cl)c1)[C@H](c1ccccc1)c1cnc(OC)c2ccccc12. The van der Waals surface area contributed by atoms with E-state index in [0.717, 1.165) is 21.9 Å². The topological polar surface area (TPSA) is 54.5 Å². The molecule has 0 aliphatic rings. The summed E-state index contributed by atoms with van der Waals surface area (Å²) in [5.74, 6) is -0.0189. The van der Waals surface area contributed by atoms with Gasteiger partial charge < -0.3 is 15.0 Å². The number of methoxy groups -OCH3 is 1. The molecule has 0 spiro atoms. The lowest BCUT2D eigenvalue weighted by Gasteiger charge is -2.32. The number of nitrogens with zero attached hydrogens (tertiary/aromatic N) is 2. The van der Waals surface area contributed by atoms with Gasteiger partial charge in [-0.2, -0.15) is 0 Å². The number of halogens is 2. The summed E-state index contributed by atoms with van der Waals surface area (Å²) in [6.07, 6.45) is 1.75. The van der Waals surface area contributed by atoms with E-state index in [1.807, 2.05) is 61.5 Å². The van der Waals surface area contributed by atoms with Crippen molar-refractivity contribution in [3.63, 3.8) is 0 Å². The van der Waals surface area contributed by atoms with Crippen LogP contribution in [0.15, 0.2) is 79.0 Å². The number of aromatic nitrogens is 1. The van der Waals surface area contributed by atoms with Crippen LogP contribution in [0.4, 0.5) is 14.9 Å². The lowest BCUT2D eigenvalue weighted by atomic mass is 9.94. The fourth-order valence-corrected chi connectivity index (χ4v) is 4.13. The molecule has 0 saturated carbocycles. The number of hydrogen-bond acceptors (Lipinski definition) is 3. The highest BCUT2D eigenvalue weighted by atomic mass is 35.5. The molecule has 3 aromatic carbocycles. The number of carbonyl (C=O) groups is 1. The van der Waals surface area contributed by atoms with Gasteiger partial charge >= 0.3 is 6.03 Å². The van der Waals surface area contributed by atoms with Crippen molar-refractivity contribution in [2.24, 2.45) is 0 Å². The summed E-state index contributed by atoms with van der Waals surface area (Å²) in [6.45, 7) is 2.33. The Morgan fingerprint density at radius 3 is 2.45 bits per heavy atom. The van der Waals surface area contributed by atoms with Gasteiger partial charge in [-0.1, -0.05) is 60.1 Å². The third-order valence-electron chi connectivity index (χ3n) is 5.48. The van der Waals surface area contributed by atoms with Gasteiger partial charge in [0.2, 0.25) is 5.88 Å². The molecule has 168 valence electrons. The smallest absolute Gasteiger partial charge is 0.322 e. The summed E-state index contributed by atoms with van der Waals surface area (Å²) < 4.78 is 19.0. The Hall–Kier alpha value is -3.64. The Labute approximate surface area is 196 Å². The highest BCUT2D eigenvalue weighted by Gasteiger charge is 2.28. The van der Waals surface area contributed by atoms with Crippen molar-refractivity contribution in [3.05, 3.63) is 101 Å². The van der Waals surface area contributed by atoms with Crippen LogP contribution in [0.3, 0.4) is 0 Å². The van der Waals surface area contributed by atoms with Gasteiger partial charge in [-0.15, -0.1) is 0 Å². The van der Waals surface area contributed by atoms with Crippen LogP contribution in [-0.4, -0.2) is 29.6 Å². The minimum Gasteiger partial charge on any atom is -0.481 e. The second-order valence-electron chi connectivity index (χ2n) is 7.43. The average molecular weight is 464 g/mol. The second kappa shape index (κ2) is 9.88. The molecule has 2 amide bonds. The van der Waals surface area contributed by atoms with Gasteiger partial charge in [0.25, 0.3) is 0 Å². The molecule has 1 heterocycles. The van der Waals surface area contributed by atoms with Gasteiger partial charge in [0.15, 0.2) is 0 Å². The van der Waals surface area contributed by atoms with Crippen LogP contribution in [0.1, 0.15) is 24.1 Å². The first kappa shape index (κ1) is 22.6. The normalized spacial score (nSPS) is 11.8. The number of ether oxygens (including phenoxy) is 1. The van der Waals surface area contributed by atoms with Crippen molar-refractivity contribution in [3.8, 4) is 5.88 Å². The van der Waals surface area contributed by atoms with Gasteiger partial charge in [-0.25, -0.2) is 14.2 Å². The number of benzene rings is 3. The molecule has 7 heteroatoms. The number of anilines is 1. The van der Waals surface area contributed by atoms with Crippen molar-refractivity contribution in [2.75, 3.05) is 19.0 Å². The Morgan fingerprint density at radius 1 is 1.09 bits per heavy atom. The fourth-order valence-electron chi connectivity index (χ4n) is 3.94. The number of fused-ring (bicyclic) bond motifs is 1. The number of amides is 2. The van der Waals surface area contributed by atoms with Gasteiger partial charge in [0.05, 0.1) is 18.2 Å². The van der Waals surface area contributed by atoms with Crippen LogP contribution in [0.2, 0.25) is 5.02 Å². The van der Waals surface area contributed by atoms with E-state index >= 15 is 0 Å². The number of nitrogens with one attached hydrogen (secondary N) is 1. The summed E-state index contributed by atoms with van der Waals surface area (Å²) in [6, 6.07) is 20.9. The van der Waals surface area contributed by atoms with Crippen LogP contribution in [0.25, 0.3) is 10.8 Å². The van der Waals surface area contributed by atoms with Crippen LogP contribution in [0, 0.1) is 5.82 Å². The van der Waals surface area contributed by atoms with E-state index < -0.39 is 11.9 Å². The first-order valence-corrected chi connectivity index (χ1v) is 10.9. The molecule has 0 aliphatic carbocycles. The zero-order valence-electron chi connectivity index (χ0n) is 18.3. The minimum atomic E-state index is -0.542. The lowest BCUT2D eigenvalue weighted by molar-refractivity contribution is 0.202. The van der Waals surface area contributed by atoms with Crippen molar-refractivity contribution in [2.45, 2.75) is 13.0 Å². The molecule has 0 saturated heterocycles. The molecule has 0 bridgehead atoms. The van der Waals surface area contributed by atoms with Crippen LogP contribution in [-0.2, 0) is 0 Å². The fraction of sp³-hybridized carbons (Fsp3) is 0.154.